The first-order chi connectivity index (χ1) is 28.5. The Morgan fingerprint density at radius 3 is 1.09 bits per heavy atom. The SMILES string of the molecule is CC1(C)c2cc(-c3nc(-c4ccccc4)nc(-c4ccccc4)n3)ccc2-c2ccc(N(c3ccc(-c4ccccc4)cc3)c3ccc(-c4ccccc4)cc3)cc21. The zero-order chi connectivity index (χ0) is 39.1. The van der Waals surface area contributed by atoms with E-state index in [4.69, 9.17) is 15.0 Å². The molecular weight excluding hydrogens is 705 g/mol. The van der Waals surface area contributed by atoms with Gasteiger partial charge in [0.1, 0.15) is 0 Å². The van der Waals surface area contributed by atoms with Crippen LogP contribution >= 0.6 is 0 Å². The Morgan fingerprint density at radius 2 is 0.638 bits per heavy atom. The Hall–Kier alpha value is -7.43. The summed E-state index contributed by atoms with van der Waals surface area (Å²) in [6, 6.07) is 72.8. The molecule has 0 unspecified atom stereocenters. The molecule has 0 spiro atoms. The maximum atomic E-state index is 5.05. The molecule has 1 heterocycles. The van der Waals surface area contributed by atoms with E-state index in [-0.39, 0.29) is 5.41 Å². The van der Waals surface area contributed by atoms with Crippen molar-refractivity contribution in [2.75, 3.05) is 4.90 Å². The predicted molar refractivity (Wildman–Crippen MR) is 239 cm³/mol. The third-order valence-corrected chi connectivity index (χ3v) is 11.3. The van der Waals surface area contributed by atoms with Crippen LogP contribution in [0.25, 0.3) is 67.5 Å². The van der Waals surface area contributed by atoms with Gasteiger partial charge < -0.3 is 4.90 Å². The average molecular weight is 745 g/mol. The summed E-state index contributed by atoms with van der Waals surface area (Å²) in [5, 5.41) is 0. The molecule has 1 aliphatic carbocycles. The number of hydrogen-bond acceptors (Lipinski definition) is 4. The molecule has 9 aromatic rings. The van der Waals surface area contributed by atoms with Crippen LogP contribution in [0.15, 0.2) is 206 Å². The first kappa shape index (κ1) is 35.0. The fourth-order valence-electron chi connectivity index (χ4n) is 8.26. The molecule has 0 saturated carbocycles. The lowest BCUT2D eigenvalue weighted by Gasteiger charge is -2.28. The molecule has 1 aromatic heterocycles. The van der Waals surface area contributed by atoms with Gasteiger partial charge in [0.15, 0.2) is 17.5 Å². The van der Waals surface area contributed by atoms with E-state index in [0.717, 1.165) is 33.8 Å². The normalized spacial score (nSPS) is 12.4. The Labute approximate surface area is 339 Å². The number of nitrogens with zero attached hydrogens (tertiary/aromatic N) is 4. The highest BCUT2D eigenvalue weighted by molar-refractivity contribution is 5.87. The molecule has 0 fully saturated rings. The molecule has 1 aliphatic rings. The lowest BCUT2D eigenvalue weighted by molar-refractivity contribution is 0.660. The van der Waals surface area contributed by atoms with Crippen molar-refractivity contribution >= 4 is 17.1 Å². The highest BCUT2D eigenvalue weighted by Crippen LogP contribution is 2.51. The van der Waals surface area contributed by atoms with E-state index in [0.29, 0.717) is 17.5 Å². The van der Waals surface area contributed by atoms with Crippen molar-refractivity contribution in [3.63, 3.8) is 0 Å². The van der Waals surface area contributed by atoms with Gasteiger partial charge in [-0.05, 0) is 87.0 Å². The van der Waals surface area contributed by atoms with E-state index < -0.39 is 0 Å². The third-order valence-electron chi connectivity index (χ3n) is 11.3. The van der Waals surface area contributed by atoms with Gasteiger partial charge in [0.2, 0.25) is 0 Å². The smallest absolute Gasteiger partial charge is 0.164 e. The second-order valence-corrected chi connectivity index (χ2v) is 15.3. The predicted octanol–water partition coefficient (Wildman–Crippen LogP) is 14.0. The van der Waals surface area contributed by atoms with Crippen molar-refractivity contribution in [3.05, 3.63) is 217 Å². The number of rotatable bonds is 8. The van der Waals surface area contributed by atoms with Crippen LogP contribution in [0, 0.1) is 0 Å². The largest absolute Gasteiger partial charge is 0.310 e. The maximum absolute atomic E-state index is 5.05. The molecular formula is C54H40N4. The van der Waals surface area contributed by atoms with Gasteiger partial charge >= 0.3 is 0 Å². The van der Waals surface area contributed by atoms with Crippen molar-refractivity contribution in [3.8, 4) is 67.5 Å². The summed E-state index contributed by atoms with van der Waals surface area (Å²) in [5.74, 6) is 1.98. The minimum atomic E-state index is -0.283. The summed E-state index contributed by atoms with van der Waals surface area (Å²) in [6.45, 7) is 4.66. The van der Waals surface area contributed by atoms with Crippen molar-refractivity contribution in [2.45, 2.75) is 19.3 Å². The molecule has 0 saturated heterocycles. The minimum absolute atomic E-state index is 0.283. The fourth-order valence-corrected chi connectivity index (χ4v) is 8.26. The van der Waals surface area contributed by atoms with Gasteiger partial charge in [0, 0.05) is 39.2 Å². The summed E-state index contributed by atoms with van der Waals surface area (Å²) in [4.78, 5) is 17.4. The Kier molecular flexibility index (Phi) is 8.80. The summed E-state index contributed by atoms with van der Waals surface area (Å²) >= 11 is 0. The molecule has 4 heteroatoms. The Bertz CT molecular complexity index is 2730. The van der Waals surface area contributed by atoms with Crippen LogP contribution in [0.2, 0.25) is 0 Å². The van der Waals surface area contributed by atoms with Crippen molar-refractivity contribution < 1.29 is 0 Å². The first-order valence-corrected chi connectivity index (χ1v) is 19.8. The quantitative estimate of drug-likeness (QED) is 0.155. The highest BCUT2D eigenvalue weighted by Gasteiger charge is 2.36. The Balaban J connectivity index is 1.05. The van der Waals surface area contributed by atoms with Gasteiger partial charge in [-0.3, -0.25) is 0 Å². The topological polar surface area (TPSA) is 41.9 Å². The number of benzene rings is 8. The van der Waals surface area contributed by atoms with E-state index in [1.54, 1.807) is 0 Å². The van der Waals surface area contributed by atoms with Gasteiger partial charge in [-0.25, -0.2) is 15.0 Å². The number of fused-ring (bicyclic) bond motifs is 3. The van der Waals surface area contributed by atoms with Crippen LogP contribution in [0.4, 0.5) is 17.1 Å². The second kappa shape index (κ2) is 14.6. The van der Waals surface area contributed by atoms with E-state index in [2.05, 4.69) is 164 Å². The van der Waals surface area contributed by atoms with E-state index >= 15 is 0 Å². The molecule has 0 atom stereocenters. The molecule has 0 aliphatic heterocycles. The second-order valence-electron chi connectivity index (χ2n) is 15.3. The van der Waals surface area contributed by atoms with Crippen LogP contribution < -0.4 is 4.90 Å². The first-order valence-electron chi connectivity index (χ1n) is 19.8. The third kappa shape index (κ3) is 6.45. The fraction of sp³-hybridized carbons (Fsp3) is 0.0556. The van der Waals surface area contributed by atoms with E-state index in [1.807, 2.05) is 60.7 Å². The maximum Gasteiger partial charge on any atom is 0.164 e. The van der Waals surface area contributed by atoms with Gasteiger partial charge in [-0.15, -0.1) is 0 Å². The van der Waals surface area contributed by atoms with Crippen LogP contribution in [-0.4, -0.2) is 15.0 Å². The monoisotopic (exact) mass is 744 g/mol. The summed E-state index contributed by atoms with van der Waals surface area (Å²) < 4.78 is 0. The molecule has 0 radical (unpaired) electrons. The number of aromatic nitrogens is 3. The summed E-state index contributed by atoms with van der Waals surface area (Å²) in [7, 11) is 0. The van der Waals surface area contributed by atoms with Gasteiger partial charge in [0.05, 0.1) is 0 Å². The van der Waals surface area contributed by atoms with Crippen LogP contribution in [0.3, 0.4) is 0 Å². The minimum Gasteiger partial charge on any atom is -0.310 e. The highest BCUT2D eigenvalue weighted by atomic mass is 15.1. The summed E-state index contributed by atoms with van der Waals surface area (Å²) in [6.07, 6.45) is 0. The van der Waals surface area contributed by atoms with Gasteiger partial charge in [-0.2, -0.15) is 0 Å². The standard InChI is InChI=1S/C54H40N4/c1-54(2)49-35-43(53-56-51(41-19-11-5-12-20-41)55-52(57-53)42-21-13-6-14-22-42)27-33-47(49)48-34-32-46(36-50(48)54)58(44-28-23-39(24-29-44)37-15-7-3-8-16-37)45-30-25-40(26-31-45)38-17-9-4-10-18-38/h3-36H,1-2H3. The molecule has 4 nitrogen and oxygen atoms in total. The summed E-state index contributed by atoms with van der Waals surface area (Å²) in [5.41, 5.74) is 15.7. The molecule has 58 heavy (non-hydrogen) atoms. The number of anilines is 3. The van der Waals surface area contributed by atoms with Crippen LogP contribution in [-0.2, 0) is 5.41 Å². The Morgan fingerprint density at radius 1 is 0.310 bits per heavy atom. The van der Waals surface area contributed by atoms with Crippen LogP contribution in [0.5, 0.6) is 0 Å². The zero-order valence-corrected chi connectivity index (χ0v) is 32.4. The van der Waals surface area contributed by atoms with E-state index in [1.165, 1.54) is 44.5 Å². The average Bonchev–Trinajstić information content (AvgIpc) is 3.52. The van der Waals surface area contributed by atoms with Crippen molar-refractivity contribution in [1.29, 1.82) is 0 Å². The molecule has 0 bridgehead atoms. The van der Waals surface area contributed by atoms with E-state index in [9.17, 15) is 0 Å². The lowest BCUT2D eigenvalue weighted by atomic mass is 9.81. The van der Waals surface area contributed by atoms with Gasteiger partial charge in [0.25, 0.3) is 0 Å². The molecule has 10 rings (SSSR count). The van der Waals surface area contributed by atoms with Gasteiger partial charge in [-0.1, -0.05) is 178 Å². The molecule has 0 amide bonds. The lowest BCUT2D eigenvalue weighted by Crippen LogP contribution is -2.16. The molecule has 276 valence electrons. The van der Waals surface area contributed by atoms with Crippen LogP contribution in [0.1, 0.15) is 25.0 Å². The number of hydrogen-bond donors (Lipinski definition) is 0. The molecule has 8 aromatic carbocycles. The van der Waals surface area contributed by atoms with Crippen molar-refractivity contribution in [2.24, 2.45) is 0 Å². The zero-order valence-electron chi connectivity index (χ0n) is 32.4. The molecule has 0 N–H and O–H groups in total. The van der Waals surface area contributed by atoms with Crippen molar-refractivity contribution in [1.82, 2.24) is 15.0 Å².